The van der Waals surface area contributed by atoms with Crippen molar-refractivity contribution in [3.8, 4) is 0 Å². The molecule has 0 saturated carbocycles. The predicted octanol–water partition coefficient (Wildman–Crippen LogP) is 1.19. The monoisotopic (exact) mass is 464 g/mol. The Hall–Kier alpha value is 0.260. The average molecular weight is 464 g/mol. The number of aliphatic imine (C=N–C) groups is 1. The molecule has 1 rings (SSSR count). The molecule has 1 aliphatic heterocycles. The Morgan fingerprint density at radius 1 is 1.41 bits per heavy atom. The first-order chi connectivity index (χ1) is 9.89. The van der Waals surface area contributed by atoms with Crippen LogP contribution in [0.25, 0.3) is 0 Å². The summed E-state index contributed by atoms with van der Waals surface area (Å²) in [5.74, 6) is 2.72. The first kappa shape index (κ1) is 22.3. The average Bonchev–Trinajstić information content (AvgIpc) is 2.47. The zero-order valence-electron chi connectivity index (χ0n) is 13.8. The Labute approximate surface area is 156 Å². The van der Waals surface area contributed by atoms with Crippen molar-refractivity contribution in [2.45, 2.75) is 26.0 Å². The Kier molecular flexibility index (Phi) is 11.1. The van der Waals surface area contributed by atoms with E-state index in [-0.39, 0.29) is 29.7 Å². The van der Waals surface area contributed by atoms with Crippen molar-refractivity contribution in [3.63, 3.8) is 0 Å². The Bertz CT molecular complexity index is 443. The highest BCUT2D eigenvalue weighted by Crippen LogP contribution is 2.24. The van der Waals surface area contributed by atoms with Crippen LogP contribution in [0.1, 0.15) is 20.8 Å². The van der Waals surface area contributed by atoms with E-state index in [4.69, 9.17) is 0 Å². The molecule has 1 atom stereocenters. The van der Waals surface area contributed by atoms with Crippen molar-refractivity contribution in [3.05, 3.63) is 0 Å². The first-order valence-corrected chi connectivity index (χ1v) is 10.1. The number of hydrogen-bond acceptors (Lipinski definition) is 4. The highest BCUT2D eigenvalue weighted by Gasteiger charge is 2.24. The summed E-state index contributed by atoms with van der Waals surface area (Å²) in [7, 11) is -1.35. The molecule has 22 heavy (non-hydrogen) atoms. The molecule has 0 aliphatic carbocycles. The molecule has 0 spiro atoms. The van der Waals surface area contributed by atoms with Gasteiger partial charge in [0.15, 0.2) is 5.96 Å². The molecule has 1 saturated heterocycles. The van der Waals surface area contributed by atoms with E-state index in [9.17, 15) is 8.42 Å². The summed E-state index contributed by atoms with van der Waals surface area (Å²) in [5, 5.41) is 3.86. The molecule has 0 bridgehead atoms. The van der Waals surface area contributed by atoms with Gasteiger partial charge in [-0.3, -0.25) is 4.99 Å². The summed E-state index contributed by atoms with van der Waals surface area (Å²) in [6, 6.07) is 0. The molecule has 0 amide bonds. The molecule has 1 unspecified atom stereocenters. The SMILES string of the molecule is CCS(=O)(=O)NCCNC(=NC)N1CCSC(C(C)C)C1.I. The van der Waals surface area contributed by atoms with E-state index >= 15 is 0 Å². The molecule has 0 aromatic carbocycles. The normalized spacial score (nSPS) is 20.0. The highest BCUT2D eigenvalue weighted by atomic mass is 127. The van der Waals surface area contributed by atoms with Crippen LogP contribution in [-0.4, -0.2) is 69.3 Å². The second-order valence-corrected chi connectivity index (χ2v) is 8.81. The minimum absolute atomic E-state index is 0. The Morgan fingerprint density at radius 3 is 2.64 bits per heavy atom. The molecular weight excluding hydrogens is 435 g/mol. The van der Waals surface area contributed by atoms with Crippen LogP contribution in [0.3, 0.4) is 0 Å². The summed E-state index contributed by atoms with van der Waals surface area (Å²) < 4.78 is 25.3. The fraction of sp³-hybridized carbons (Fsp3) is 0.923. The standard InChI is InChI=1S/C13H28N4O2S2.HI/c1-5-21(18,19)16-7-6-15-13(14-4)17-8-9-20-12(10-17)11(2)3;/h11-12,16H,5-10H2,1-4H3,(H,14,15);1H. The third-order valence-corrected chi connectivity index (χ3v) is 6.40. The lowest BCUT2D eigenvalue weighted by molar-refractivity contribution is 0.381. The van der Waals surface area contributed by atoms with Gasteiger partial charge in [-0.05, 0) is 12.8 Å². The van der Waals surface area contributed by atoms with Crippen LogP contribution >= 0.6 is 35.7 Å². The second kappa shape index (κ2) is 10.9. The van der Waals surface area contributed by atoms with Crippen LogP contribution in [0.4, 0.5) is 0 Å². The quantitative estimate of drug-likeness (QED) is 0.268. The smallest absolute Gasteiger partial charge is 0.211 e. The van der Waals surface area contributed by atoms with Gasteiger partial charge in [-0.15, -0.1) is 24.0 Å². The maximum atomic E-state index is 11.4. The molecule has 0 aromatic rings. The Morgan fingerprint density at radius 2 is 2.09 bits per heavy atom. The van der Waals surface area contributed by atoms with Crippen molar-refractivity contribution in [2.24, 2.45) is 10.9 Å². The number of sulfonamides is 1. The maximum Gasteiger partial charge on any atom is 0.211 e. The van der Waals surface area contributed by atoms with Crippen LogP contribution in [0.15, 0.2) is 4.99 Å². The summed E-state index contributed by atoms with van der Waals surface area (Å²) in [5.41, 5.74) is 0. The van der Waals surface area contributed by atoms with Crippen LogP contribution in [-0.2, 0) is 10.0 Å². The van der Waals surface area contributed by atoms with Gasteiger partial charge in [-0.2, -0.15) is 11.8 Å². The van der Waals surface area contributed by atoms with Crippen molar-refractivity contribution in [1.82, 2.24) is 14.9 Å². The number of rotatable bonds is 6. The van der Waals surface area contributed by atoms with Crippen molar-refractivity contribution < 1.29 is 8.42 Å². The number of thioether (sulfide) groups is 1. The van der Waals surface area contributed by atoms with Crippen molar-refractivity contribution in [1.29, 1.82) is 0 Å². The lowest BCUT2D eigenvalue weighted by atomic mass is 10.1. The lowest BCUT2D eigenvalue weighted by Crippen LogP contribution is -2.50. The van der Waals surface area contributed by atoms with Gasteiger partial charge < -0.3 is 10.2 Å². The third-order valence-electron chi connectivity index (χ3n) is 3.46. The molecule has 132 valence electrons. The van der Waals surface area contributed by atoms with E-state index in [0.29, 0.717) is 24.3 Å². The molecular formula is C13H29IN4O2S2. The van der Waals surface area contributed by atoms with Crippen LogP contribution in [0.2, 0.25) is 0 Å². The fourth-order valence-corrected chi connectivity index (χ4v) is 4.00. The van der Waals surface area contributed by atoms with Gasteiger partial charge in [0.25, 0.3) is 0 Å². The topological polar surface area (TPSA) is 73.8 Å². The van der Waals surface area contributed by atoms with Crippen LogP contribution in [0.5, 0.6) is 0 Å². The number of guanidine groups is 1. The van der Waals surface area contributed by atoms with Gasteiger partial charge in [0.05, 0.1) is 5.75 Å². The largest absolute Gasteiger partial charge is 0.355 e. The Balaban J connectivity index is 0.00000441. The van der Waals surface area contributed by atoms with Gasteiger partial charge in [-0.1, -0.05) is 13.8 Å². The van der Waals surface area contributed by atoms with Crippen molar-refractivity contribution >= 4 is 51.7 Å². The molecule has 0 radical (unpaired) electrons. The van der Waals surface area contributed by atoms with Gasteiger partial charge in [-0.25, -0.2) is 13.1 Å². The fourth-order valence-electron chi connectivity index (χ4n) is 2.09. The van der Waals surface area contributed by atoms with E-state index in [1.165, 1.54) is 0 Å². The minimum atomic E-state index is -3.12. The highest BCUT2D eigenvalue weighted by molar-refractivity contribution is 14.0. The number of nitrogens with zero attached hydrogens (tertiary/aromatic N) is 2. The van der Waals surface area contributed by atoms with E-state index in [1.54, 1.807) is 14.0 Å². The van der Waals surface area contributed by atoms with Crippen molar-refractivity contribution in [2.75, 3.05) is 44.7 Å². The molecule has 1 aliphatic rings. The van der Waals surface area contributed by atoms with Gasteiger partial charge in [0.2, 0.25) is 10.0 Å². The summed E-state index contributed by atoms with van der Waals surface area (Å²) in [6.07, 6.45) is 0. The molecule has 2 N–H and O–H groups in total. The van der Waals surface area contributed by atoms with E-state index in [0.717, 1.165) is 24.8 Å². The van der Waals surface area contributed by atoms with E-state index in [2.05, 4.69) is 33.8 Å². The molecule has 1 fully saturated rings. The second-order valence-electron chi connectivity index (χ2n) is 5.37. The summed E-state index contributed by atoms with van der Waals surface area (Å²) in [6.45, 7) is 9.02. The third kappa shape index (κ3) is 7.69. The van der Waals surface area contributed by atoms with E-state index in [1.807, 2.05) is 11.8 Å². The summed E-state index contributed by atoms with van der Waals surface area (Å²) >= 11 is 2.02. The van der Waals surface area contributed by atoms with Crippen LogP contribution in [0, 0.1) is 5.92 Å². The van der Waals surface area contributed by atoms with Crippen LogP contribution < -0.4 is 10.0 Å². The minimum Gasteiger partial charge on any atom is -0.355 e. The first-order valence-electron chi connectivity index (χ1n) is 7.44. The number of nitrogens with one attached hydrogen (secondary N) is 2. The predicted molar refractivity (Wildman–Crippen MR) is 107 cm³/mol. The molecule has 6 nitrogen and oxygen atoms in total. The maximum absolute atomic E-state index is 11.4. The molecule has 0 aromatic heterocycles. The van der Waals surface area contributed by atoms with Gasteiger partial charge in [0.1, 0.15) is 0 Å². The number of halogens is 1. The zero-order chi connectivity index (χ0) is 15.9. The summed E-state index contributed by atoms with van der Waals surface area (Å²) in [4.78, 5) is 6.56. The van der Waals surface area contributed by atoms with Gasteiger partial charge in [0, 0.05) is 44.2 Å². The van der Waals surface area contributed by atoms with Gasteiger partial charge >= 0.3 is 0 Å². The van der Waals surface area contributed by atoms with E-state index < -0.39 is 10.0 Å². The zero-order valence-corrected chi connectivity index (χ0v) is 17.8. The lowest BCUT2D eigenvalue weighted by Gasteiger charge is -2.36. The number of hydrogen-bond donors (Lipinski definition) is 2. The molecule has 1 heterocycles. The molecule has 9 heteroatoms.